The summed E-state index contributed by atoms with van der Waals surface area (Å²) in [6, 6.07) is 0. The van der Waals surface area contributed by atoms with E-state index in [1.807, 2.05) is 0 Å². The maximum absolute atomic E-state index is 10.8. The molecule has 14 heavy (non-hydrogen) atoms. The van der Waals surface area contributed by atoms with Crippen LogP contribution in [0.25, 0.3) is 0 Å². The lowest BCUT2D eigenvalue weighted by Gasteiger charge is -2.12. The second kappa shape index (κ2) is 6.02. The van der Waals surface area contributed by atoms with Crippen molar-refractivity contribution in [3.8, 4) is 0 Å². The van der Waals surface area contributed by atoms with Gasteiger partial charge in [-0.1, -0.05) is 32.6 Å². The van der Waals surface area contributed by atoms with E-state index in [1.165, 1.54) is 12.8 Å². The van der Waals surface area contributed by atoms with E-state index in [-0.39, 0.29) is 0 Å². The van der Waals surface area contributed by atoms with E-state index in [9.17, 15) is 4.79 Å². The molecule has 1 N–H and O–H groups in total. The SMILES string of the molecule is CCCCC(OCCC1CC1)C(=O)O. The van der Waals surface area contributed by atoms with Crippen LogP contribution in [-0.2, 0) is 9.53 Å². The highest BCUT2D eigenvalue weighted by Gasteiger charge is 2.22. The maximum Gasteiger partial charge on any atom is 0.332 e. The first-order valence-corrected chi connectivity index (χ1v) is 5.58. The molecule has 1 aliphatic rings. The van der Waals surface area contributed by atoms with Gasteiger partial charge in [-0.25, -0.2) is 4.79 Å². The Balaban J connectivity index is 2.09. The highest BCUT2D eigenvalue weighted by atomic mass is 16.5. The summed E-state index contributed by atoms with van der Waals surface area (Å²) in [6.07, 6.45) is 5.67. The van der Waals surface area contributed by atoms with Crippen molar-refractivity contribution in [1.82, 2.24) is 0 Å². The Morgan fingerprint density at radius 3 is 2.79 bits per heavy atom. The number of rotatable bonds is 8. The van der Waals surface area contributed by atoms with Crippen LogP contribution in [0.3, 0.4) is 0 Å². The fraction of sp³-hybridized carbons (Fsp3) is 0.909. The van der Waals surface area contributed by atoms with Gasteiger partial charge >= 0.3 is 5.97 Å². The fourth-order valence-corrected chi connectivity index (χ4v) is 1.45. The minimum absolute atomic E-state index is 0.575. The zero-order valence-corrected chi connectivity index (χ0v) is 8.87. The standard InChI is InChI=1S/C11H20O3/c1-2-3-4-10(11(12)13)14-8-7-9-5-6-9/h9-10H,2-8H2,1H3,(H,12,13). The first kappa shape index (κ1) is 11.5. The molecule has 1 saturated carbocycles. The molecule has 0 saturated heterocycles. The molecule has 0 aromatic carbocycles. The third kappa shape index (κ3) is 4.61. The van der Waals surface area contributed by atoms with E-state index in [1.54, 1.807) is 0 Å². The third-order valence-electron chi connectivity index (χ3n) is 2.64. The minimum atomic E-state index is -0.811. The van der Waals surface area contributed by atoms with E-state index in [2.05, 4.69) is 6.92 Å². The number of carbonyl (C=O) groups is 1. The largest absolute Gasteiger partial charge is 0.479 e. The molecular formula is C11H20O3. The van der Waals surface area contributed by atoms with Gasteiger partial charge in [0.1, 0.15) is 0 Å². The molecule has 1 rings (SSSR count). The van der Waals surface area contributed by atoms with Crippen LogP contribution in [0, 0.1) is 5.92 Å². The van der Waals surface area contributed by atoms with Crippen molar-refractivity contribution in [2.45, 2.75) is 51.6 Å². The van der Waals surface area contributed by atoms with Crippen LogP contribution in [-0.4, -0.2) is 23.8 Å². The molecule has 1 atom stereocenters. The van der Waals surface area contributed by atoms with Crippen LogP contribution in [0.4, 0.5) is 0 Å². The van der Waals surface area contributed by atoms with Crippen molar-refractivity contribution in [3.05, 3.63) is 0 Å². The normalized spacial score (nSPS) is 18.1. The maximum atomic E-state index is 10.8. The van der Waals surface area contributed by atoms with Gasteiger partial charge in [-0.15, -0.1) is 0 Å². The topological polar surface area (TPSA) is 46.5 Å². The third-order valence-corrected chi connectivity index (χ3v) is 2.64. The summed E-state index contributed by atoms with van der Waals surface area (Å²) in [5.41, 5.74) is 0. The fourth-order valence-electron chi connectivity index (χ4n) is 1.45. The molecule has 0 amide bonds. The minimum Gasteiger partial charge on any atom is -0.479 e. The van der Waals surface area contributed by atoms with Gasteiger partial charge in [0.05, 0.1) is 0 Å². The predicted molar refractivity (Wildman–Crippen MR) is 54.2 cm³/mol. The lowest BCUT2D eigenvalue weighted by Crippen LogP contribution is -2.24. The second-order valence-electron chi connectivity index (χ2n) is 4.07. The predicted octanol–water partition coefficient (Wildman–Crippen LogP) is 2.45. The molecule has 3 nitrogen and oxygen atoms in total. The molecule has 1 fully saturated rings. The lowest BCUT2D eigenvalue weighted by molar-refractivity contribution is -0.151. The molecule has 0 spiro atoms. The van der Waals surface area contributed by atoms with Crippen LogP contribution in [0.1, 0.15) is 45.4 Å². The van der Waals surface area contributed by atoms with Crippen molar-refractivity contribution in [2.75, 3.05) is 6.61 Å². The van der Waals surface area contributed by atoms with Gasteiger partial charge in [-0.05, 0) is 18.8 Å². The Bertz CT molecular complexity index is 175. The van der Waals surface area contributed by atoms with Crippen LogP contribution < -0.4 is 0 Å². The summed E-state index contributed by atoms with van der Waals surface area (Å²) in [5.74, 6) is 0.00451. The summed E-state index contributed by atoms with van der Waals surface area (Å²) in [4.78, 5) is 10.8. The van der Waals surface area contributed by atoms with E-state index in [4.69, 9.17) is 9.84 Å². The number of carboxylic acids is 1. The van der Waals surface area contributed by atoms with Crippen LogP contribution >= 0.6 is 0 Å². The van der Waals surface area contributed by atoms with Gasteiger partial charge in [0.25, 0.3) is 0 Å². The molecule has 82 valence electrons. The number of carboxylic acid groups (broad SMARTS) is 1. The first-order valence-electron chi connectivity index (χ1n) is 5.58. The Kier molecular flexibility index (Phi) is 4.94. The van der Waals surface area contributed by atoms with Crippen molar-refractivity contribution in [1.29, 1.82) is 0 Å². The van der Waals surface area contributed by atoms with Crippen LogP contribution in [0.15, 0.2) is 0 Å². The molecule has 1 unspecified atom stereocenters. The molecule has 0 radical (unpaired) electrons. The van der Waals surface area contributed by atoms with Crippen molar-refractivity contribution in [3.63, 3.8) is 0 Å². The molecule has 3 heteroatoms. The van der Waals surface area contributed by atoms with Crippen molar-refractivity contribution < 1.29 is 14.6 Å². The Labute approximate surface area is 85.5 Å². The molecule has 1 aliphatic carbocycles. The van der Waals surface area contributed by atoms with Gasteiger partial charge in [0.15, 0.2) is 6.10 Å². The zero-order chi connectivity index (χ0) is 10.4. The van der Waals surface area contributed by atoms with Crippen LogP contribution in [0.2, 0.25) is 0 Å². The number of hydrogen-bond acceptors (Lipinski definition) is 2. The van der Waals surface area contributed by atoms with E-state index in [0.717, 1.165) is 25.2 Å². The average molecular weight is 200 g/mol. The zero-order valence-electron chi connectivity index (χ0n) is 8.87. The number of aliphatic carboxylic acids is 1. The molecule has 0 aromatic heterocycles. The average Bonchev–Trinajstić information content (AvgIpc) is 2.94. The Morgan fingerprint density at radius 2 is 2.29 bits per heavy atom. The molecule has 0 aliphatic heterocycles. The van der Waals surface area contributed by atoms with E-state index >= 15 is 0 Å². The summed E-state index contributed by atoms with van der Waals surface area (Å²) in [7, 11) is 0. The van der Waals surface area contributed by atoms with Gasteiger partial charge in [0.2, 0.25) is 0 Å². The highest BCUT2D eigenvalue weighted by molar-refractivity contribution is 5.72. The lowest BCUT2D eigenvalue weighted by atomic mass is 10.1. The second-order valence-corrected chi connectivity index (χ2v) is 4.07. The monoisotopic (exact) mass is 200 g/mol. The van der Waals surface area contributed by atoms with E-state index in [0.29, 0.717) is 13.0 Å². The van der Waals surface area contributed by atoms with E-state index < -0.39 is 12.1 Å². The number of hydrogen-bond donors (Lipinski definition) is 1. The number of ether oxygens (including phenoxy) is 1. The molecular weight excluding hydrogens is 180 g/mol. The first-order chi connectivity index (χ1) is 6.74. The summed E-state index contributed by atoms with van der Waals surface area (Å²) >= 11 is 0. The van der Waals surface area contributed by atoms with Crippen molar-refractivity contribution >= 4 is 5.97 Å². The Hall–Kier alpha value is -0.570. The highest BCUT2D eigenvalue weighted by Crippen LogP contribution is 2.32. The summed E-state index contributed by atoms with van der Waals surface area (Å²) in [6.45, 7) is 2.68. The van der Waals surface area contributed by atoms with Gasteiger partial charge in [0, 0.05) is 6.61 Å². The summed E-state index contributed by atoms with van der Waals surface area (Å²) in [5, 5.41) is 8.86. The van der Waals surface area contributed by atoms with Gasteiger partial charge < -0.3 is 9.84 Å². The molecule has 0 aromatic rings. The van der Waals surface area contributed by atoms with Gasteiger partial charge in [-0.3, -0.25) is 0 Å². The van der Waals surface area contributed by atoms with Crippen LogP contribution in [0.5, 0.6) is 0 Å². The summed E-state index contributed by atoms with van der Waals surface area (Å²) < 4.78 is 5.36. The van der Waals surface area contributed by atoms with Gasteiger partial charge in [-0.2, -0.15) is 0 Å². The van der Waals surface area contributed by atoms with Crippen molar-refractivity contribution in [2.24, 2.45) is 5.92 Å². The number of unbranched alkanes of at least 4 members (excludes halogenated alkanes) is 1. The Morgan fingerprint density at radius 1 is 1.57 bits per heavy atom. The smallest absolute Gasteiger partial charge is 0.332 e. The molecule has 0 heterocycles. The molecule has 0 bridgehead atoms. The quantitative estimate of drug-likeness (QED) is 0.654.